The third kappa shape index (κ3) is 1.24. The van der Waals surface area contributed by atoms with E-state index >= 15 is 0 Å². The average molecular weight is 285 g/mol. The van der Waals surface area contributed by atoms with E-state index < -0.39 is 0 Å². The van der Waals surface area contributed by atoms with Crippen molar-refractivity contribution in [3.8, 4) is 0 Å². The maximum Gasteiger partial charge on any atom is 0.0535 e. The molecule has 90 valence electrons. The number of hydrogen-bond acceptors (Lipinski definition) is 1. The van der Waals surface area contributed by atoms with Crippen molar-refractivity contribution >= 4 is 35.0 Å². The van der Waals surface area contributed by atoms with Crippen LogP contribution in [-0.4, -0.2) is 15.5 Å². The number of rotatable bonds is 2. The summed E-state index contributed by atoms with van der Waals surface area (Å²) in [7, 11) is 0. The van der Waals surface area contributed by atoms with Gasteiger partial charge in [-0.25, -0.2) is 0 Å². The molecule has 0 amide bonds. The number of aryl methyl sites for hydroxylation is 1. The lowest BCUT2D eigenvalue weighted by molar-refractivity contribution is 0.617. The lowest BCUT2D eigenvalue weighted by Gasteiger charge is -2.16. The van der Waals surface area contributed by atoms with E-state index in [0.717, 1.165) is 5.92 Å². The van der Waals surface area contributed by atoms with Gasteiger partial charge in [0.2, 0.25) is 0 Å². The van der Waals surface area contributed by atoms with Crippen molar-refractivity contribution in [3.05, 3.63) is 29.8 Å². The largest absolute Gasteiger partial charge is 0.122 e. The van der Waals surface area contributed by atoms with E-state index in [-0.39, 0.29) is 10.1 Å². The molecule has 4 aliphatic carbocycles. The Balaban J connectivity index is 1.64. The van der Waals surface area contributed by atoms with Gasteiger partial charge in [0.15, 0.2) is 0 Å². The van der Waals surface area contributed by atoms with E-state index in [1.165, 1.54) is 16.9 Å². The average Bonchev–Trinajstić information content (AvgIpc) is 2.53. The maximum absolute atomic E-state index is 6.62. The van der Waals surface area contributed by atoms with Crippen LogP contribution >= 0.6 is 35.0 Å². The van der Waals surface area contributed by atoms with Crippen molar-refractivity contribution < 1.29 is 0 Å². The normalized spacial score (nSPS) is 49.7. The summed E-state index contributed by atoms with van der Waals surface area (Å²) < 4.78 is 0.272. The second-order valence-corrected chi connectivity index (χ2v) is 8.00. The Hall–Kier alpha value is 0.150. The molecule has 3 heteroatoms. The molecule has 1 aromatic carbocycles. The van der Waals surface area contributed by atoms with Gasteiger partial charge in [-0.3, -0.25) is 0 Å². The first-order valence-corrected chi connectivity index (χ1v) is 7.87. The number of thioether (sulfide) groups is 1. The summed E-state index contributed by atoms with van der Waals surface area (Å²) in [6.07, 6.45) is 1.26. The van der Waals surface area contributed by atoms with Crippen molar-refractivity contribution in [2.45, 2.75) is 33.7 Å². The summed E-state index contributed by atoms with van der Waals surface area (Å²) in [6, 6.07) is 8.79. The van der Waals surface area contributed by atoms with E-state index in [2.05, 4.69) is 31.2 Å². The van der Waals surface area contributed by atoms with Crippen LogP contribution in [0, 0.1) is 24.7 Å². The molecule has 2 unspecified atom stereocenters. The van der Waals surface area contributed by atoms with Crippen LogP contribution in [0.4, 0.5) is 0 Å². The van der Waals surface area contributed by atoms with E-state index in [9.17, 15) is 0 Å². The number of halogens is 2. The molecule has 0 heterocycles. The quantitative estimate of drug-likeness (QED) is 0.729. The van der Waals surface area contributed by atoms with Gasteiger partial charge in [0, 0.05) is 15.0 Å². The van der Waals surface area contributed by atoms with Crippen molar-refractivity contribution in [2.24, 2.45) is 17.8 Å². The minimum Gasteiger partial charge on any atom is -0.122 e. The Labute approximate surface area is 116 Å². The highest BCUT2D eigenvalue weighted by Gasteiger charge is 2.83. The first-order chi connectivity index (χ1) is 8.14. The van der Waals surface area contributed by atoms with Crippen LogP contribution in [0.2, 0.25) is 0 Å². The van der Waals surface area contributed by atoms with E-state index in [1.807, 2.05) is 11.8 Å². The van der Waals surface area contributed by atoms with Gasteiger partial charge in [-0.05, 0) is 43.2 Å². The molecule has 0 nitrogen and oxygen atoms in total. The highest BCUT2D eigenvalue weighted by Crippen LogP contribution is 2.81. The fourth-order valence-corrected chi connectivity index (χ4v) is 7.21. The lowest BCUT2D eigenvalue weighted by atomic mass is 10.1. The van der Waals surface area contributed by atoms with Crippen LogP contribution in [-0.2, 0) is 0 Å². The van der Waals surface area contributed by atoms with Gasteiger partial charge < -0.3 is 0 Å². The van der Waals surface area contributed by atoms with Gasteiger partial charge in [-0.2, -0.15) is 0 Å². The van der Waals surface area contributed by atoms with Crippen LogP contribution in [0.15, 0.2) is 29.2 Å². The van der Waals surface area contributed by atoms with E-state index in [0.29, 0.717) is 17.2 Å². The Morgan fingerprint density at radius 1 is 1.24 bits per heavy atom. The van der Waals surface area contributed by atoms with E-state index in [1.54, 1.807) is 0 Å². The Morgan fingerprint density at radius 3 is 2.41 bits per heavy atom. The van der Waals surface area contributed by atoms with Crippen LogP contribution < -0.4 is 0 Å². The molecular weight excluding hydrogens is 271 g/mol. The molecule has 4 bridgehead atoms. The van der Waals surface area contributed by atoms with Crippen molar-refractivity contribution in [3.63, 3.8) is 0 Å². The molecule has 0 N–H and O–H groups in total. The standard InChI is InChI=1S/C14H14Cl2S/c1-7-2-4-8(5-3-7)17-14-10-6-9(13(14)16)12(15)11(10)14/h2-5,9-13H,6H2,1H3/t9-,10+,11?,12+,13-,14?/m0/s1. The predicted molar refractivity (Wildman–Crippen MR) is 74.1 cm³/mol. The highest BCUT2D eigenvalue weighted by atomic mass is 35.5. The summed E-state index contributed by atoms with van der Waals surface area (Å²) in [5.74, 6) is 2.01. The first kappa shape index (κ1) is 11.0. The van der Waals surface area contributed by atoms with Gasteiger partial charge in [-0.15, -0.1) is 35.0 Å². The second-order valence-electron chi connectivity index (χ2n) is 5.65. The first-order valence-electron chi connectivity index (χ1n) is 6.18. The summed E-state index contributed by atoms with van der Waals surface area (Å²) in [4.78, 5) is 1.35. The van der Waals surface area contributed by atoms with Gasteiger partial charge in [-0.1, -0.05) is 17.7 Å². The molecule has 0 radical (unpaired) electrons. The SMILES string of the molecule is Cc1ccc(SC23C4[C@H]2C[C@@H]([C@H]4Cl)[C@@H]3Cl)cc1. The maximum atomic E-state index is 6.62. The summed E-state index contributed by atoms with van der Waals surface area (Å²) >= 11 is 15.1. The summed E-state index contributed by atoms with van der Waals surface area (Å²) in [6.45, 7) is 2.12. The molecule has 4 aliphatic rings. The number of benzene rings is 1. The molecule has 1 aromatic rings. The minimum absolute atomic E-state index is 0.272. The van der Waals surface area contributed by atoms with Gasteiger partial charge >= 0.3 is 0 Å². The predicted octanol–water partition coefficient (Wildman–Crippen LogP) is 4.32. The smallest absolute Gasteiger partial charge is 0.0535 e. The van der Waals surface area contributed by atoms with Gasteiger partial charge in [0.1, 0.15) is 0 Å². The van der Waals surface area contributed by atoms with Crippen LogP contribution in [0.5, 0.6) is 0 Å². The van der Waals surface area contributed by atoms with Crippen LogP contribution in [0.1, 0.15) is 12.0 Å². The van der Waals surface area contributed by atoms with Crippen molar-refractivity contribution in [2.75, 3.05) is 0 Å². The molecule has 6 atom stereocenters. The summed E-state index contributed by atoms with van der Waals surface area (Å²) in [5, 5.41) is 0.617. The number of hydrogen-bond donors (Lipinski definition) is 0. The van der Waals surface area contributed by atoms with Crippen LogP contribution in [0.3, 0.4) is 0 Å². The monoisotopic (exact) mass is 284 g/mol. The zero-order valence-electron chi connectivity index (χ0n) is 9.57. The molecule has 0 spiro atoms. The van der Waals surface area contributed by atoms with Crippen molar-refractivity contribution in [1.82, 2.24) is 0 Å². The van der Waals surface area contributed by atoms with Gasteiger partial charge in [0.05, 0.1) is 5.38 Å². The summed E-state index contributed by atoms with van der Waals surface area (Å²) in [5.41, 5.74) is 1.31. The highest BCUT2D eigenvalue weighted by molar-refractivity contribution is 8.01. The Kier molecular flexibility index (Phi) is 2.19. The third-order valence-electron chi connectivity index (χ3n) is 4.83. The molecule has 17 heavy (non-hydrogen) atoms. The van der Waals surface area contributed by atoms with Gasteiger partial charge in [0.25, 0.3) is 0 Å². The van der Waals surface area contributed by atoms with Crippen molar-refractivity contribution in [1.29, 1.82) is 0 Å². The Morgan fingerprint density at radius 2 is 1.94 bits per heavy atom. The molecule has 0 aliphatic heterocycles. The molecule has 4 saturated carbocycles. The topological polar surface area (TPSA) is 0 Å². The molecule has 0 aromatic heterocycles. The van der Waals surface area contributed by atoms with E-state index in [4.69, 9.17) is 23.2 Å². The third-order valence-corrected chi connectivity index (χ3v) is 7.93. The van der Waals surface area contributed by atoms with Crippen LogP contribution in [0.25, 0.3) is 0 Å². The molecular formula is C14H14Cl2S. The fraction of sp³-hybridized carbons (Fsp3) is 0.571. The minimum atomic E-state index is 0.272. The zero-order valence-corrected chi connectivity index (χ0v) is 11.9. The second kappa shape index (κ2) is 3.37. The molecule has 0 saturated heterocycles. The fourth-order valence-electron chi connectivity index (χ4n) is 3.99. The number of alkyl halides is 2. The zero-order chi connectivity index (χ0) is 11.8. The Bertz CT molecular complexity index is 468. The lowest BCUT2D eigenvalue weighted by Crippen LogP contribution is -2.18. The molecule has 4 fully saturated rings. The molecule has 5 rings (SSSR count).